The Balaban J connectivity index is 4.61. The van der Waals surface area contributed by atoms with Gasteiger partial charge in [-0.25, -0.2) is 5.43 Å². The summed E-state index contributed by atoms with van der Waals surface area (Å²) in [5.74, 6) is -0.173. The molecule has 0 heterocycles. The molecule has 0 saturated carbocycles. The Hall–Kier alpha value is -1.35. The minimum Gasteiger partial charge on any atom is -0.288 e. The molecule has 0 saturated heterocycles. The number of nitrogens with one attached hydrogen (secondary N) is 2. The van der Waals surface area contributed by atoms with Crippen LogP contribution < -0.4 is 10.9 Å². The van der Waals surface area contributed by atoms with Gasteiger partial charge in [0, 0.05) is 12.6 Å². The van der Waals surface area contributed by atoms with E-state index in [1.807, 2.05) is 13.0 Å². The highest BCUT2D eigenvalue weighted by Crippen LogP contribution is 2.06. The van der Waals surface area contributed by atoms with Gasteiger partial charge in [0.25, 0.3) is 5.91 Å². The summed E-state index contributed by atoms with van der Waals surface area (Å²) >= 11 is 0. The average molecular weight is 180 g/mol. The fraction of sp³-hybridized carbons (Fsp3) is 0.300. The lowest BCUT2D eigenvalue weighted by Crippen LogP contribution is -2.35. The van der Waals surface area contributed by atoms with Crippen molar-refractivity contribution in [1.29, 1.82) is 0 Å². The van der Waals surface area contributed by atoms with E-state index in [0.717, 1.165) is 5.57 Å². The Morgan fingerprint density at radius 2 is 2.08 bits per heavy atom. The van der Waals surface area contributed by atoms with Crippen LogP contribution in [0.1, 0.15) is 13.8 Å². The Morgan fingerprint density at radius 3 is 2.46 bits per heavy atom. The summed E-state index contributed by atoms with van der Waals surface area (Å²) in [6, 6.07) is 0. The van der Waals surface area contributed by atoms with Gasteiger partial charge in [-0.15, -0.1) is 0 Å². The summed E-state index contributed by atoms with van der Waals surface area (Å²) in [4.78, 5) is 11.4. The molecule has 0 radical (unpaired) electrons. The molecule has 0 atom stereocenters. The van der Waals surface area contributed by atoms with Crippen molar-refractivity contribution in [2.75, 3.05) is 7.05 Å². The van der Waals surface area contributed by atoms with Crippen molar-refractivity contribution in [2.24, 2.45) is 0 Å². The molecule has 0 spiro atoms. The SMILES string of the molecule is C=C(C)/C(=C\C=C/C)C(=O)NNC. The first-order valence-corrected chi connectivity index (χ1v) is 4.09. The van der Waals surface area contributed by atoms with Crippen LogP contribution in [-0.2, 0) is 4.79 Å². The van der Waals surface area contributed by atoms with E-state index in [1.165, 1.54) is 0 Å². The van der Waals surface area contributed by atoms with E-state index in [4.69, 9.17) is 0 Å². The first kappa shape index (κ1) is 11.6. The van der Waals surface area contributed by atoms with Crippen LogP contribution in [0.25, 0.3) is 0 Å². The fourth-order valence-electron chi connectivity index (χ4n) is 0.785. The third kappa shape index (κ3) is 4.28. The molecule has 0 unspecified atom stereocenters. The van der Waals surface area contributed by atoms with Crippen molar-refractivity contribution in [3.63, 3.8) is 0 Å². The molecule has 3 nitrogen and oxygen atoms in total. The lowest BCUT2D eigenvalue weighted by molar-refractivity contribution is -0.118. The average Bonchev–Trinajstić information content (AvgIpc) is 2.05. The number of hydrogen-bond acceptors (Lipinski definition) is 2. The minimum atomic E-state index is -0.173. The molecule has 0 aromatic carbocycles. The van der Waals surface area contributed by atoms with Crippen molar-refractivity contribution in [1.82, 2.24) is 10.9 Å². The number of carbonyl (C=O) groups excluding carboxylic acids is 1. The second-order valence-electron chi connectivity index (χ2n) is 2.59. The summed E-state index contributed by atoms with van der Waals surface area (Å²) in [6.07, 6.45) is 5.39. The van der Waals surface area contributed by atoms with E-state index in [9.17, 15) is 4.79 Å². The number of hydrazine groups is 1. The van der Waals surface area contributed by atoms with Crippen LogP contribution in [0.4, 0.5) is 0 Å². The van der Waals surface area contributed by atoms with E-state index in [2.05, 4.69) is 17.4 Å². The van der Waals surface area contributed by atoms with Crippen LogP contribution in [0.15, 0.2) is 36.0 Å². The van der Waals surface area contributed by atoms with Crippen molar-refractivity contribution in [3.8, 4) is 0 Å². The minimum absolute atomic E-state index is 0.173. The Labute approximate surface area is 79.2 Å². The van der Waals surface area contributed by atoms with E-state index < -0.39 is 0 Å². The molecule has 0 aliphatic rings. The van der Waals surface area contributed by atoms with Crippen LogP contribution in [0.2, 0.25) is 0 Å². The van der Waals surface area contributed by atoms with Gasteiger partial charge in [0.2, 0.25) is 0 Å². The molecule has 0 aliphatic heterocycles. The topological polar surface area (TPSA) is 41.1 Å². The van der Waals surface area contributed by atoms with E-state index in [-0.39, 0.29) is 5.91 Å². The predicted molar refractivity (Wildman–Crippen MR) is 54.9 cm³/mol. The largest absolute Gasteiger partial charge is 0.288 e. The zero-order valence-corrected chi connectivity index (χ0v) is 8.35. The first-order chi connectivity index (χ1) is 6.13. The zero-order valence-electron chi connectivity index (χ0n) is 8.35. The Morgan fingerprint density at radius 1 is 1.46 bits per heavy atom. The van der Waals surface area contributed by atoms with Crippen LogP contribution in [-0.4, -0.2) is 13.0 Å². The molecule has 72 valence electrons. The van der Waals surface area contributed by atoms with Gasteiger partial charge in [0.1, 0.15) is 0 Å². The van der Waals surface area contributed by atoms with Crippen molar-refractivity contribution >= 4 is 5.91 Å². The highest BCUT2D eigenvalue weighted by Gasteiger charge is 2.06. The highest BCUT2D eigenvalue weighted by molar-refractivity contribution is 5.97. The molecule has 0 bridgehead atoms. The molecule has 0 aromatic heterocycles. The molecule has 1 amide bonds. The number of hydrogen-bond donors (Lipinski definition) is 2. The van der Waals surface area contributed by atoms with Gasteiger partial charge in [-0.1, -0.05) is 18.7 Å². The smallest absolute Gasteiger partial charge is 0.265 e. The van der Waals surface area contributed by atoms with Crippen molar-refractivity contribution in [2.45, 2.75) is 13.8 Å². The van der Waals surface area contributed by atoms with Crippen LogP contribution in [0.3, 0.4) is 0 Å². The molecule has 0 aliphatic carbocycles. The van der Waals surface area contributed by atoms with Gasteiger partial charge in [0.05, 0.1) is 0 Å². The highest BCUT2D eigenvalue weighted by atomic mass is 16.2. The first-order valence-electron chi connectivity index (χ1n) is 4.09. The standard InChI is InChI=1S/C10H16N2O/c1-5-6-7-9(8(2)3)10(13)12-11-4/h5-7,11H,2H2,1,3-4H3,(H,12,13)/b6-5-,9-7+. The fourth-order valence-corrected chi connectivity index (χ4v) is 0.785. The predicted octanol–water partition coefficient (Wildman–Crippen LogP) is 1.32. The quantitative estimate of drug-likeness (QED) is 0.389. The molecular formula is C10H16N2O. The Bertz CT molecular complexity index is 252. The molecular weight excluding hydrogens is 164 g/mol. The van der Waals surface area contributed by atoms with Crippen molar-refractivity contribution in [3.05, 3.63) is 36.0 Å². The number of allylic oxidation sites excluding steroid dienone is 3. The van der Waals surface area contributed by atoms with Gasteiger partial charge >= 0.3 is 0 Å². The van der Waals surface area contributed by atoms with E-state index >= 15 is 0 Å². The molecule has 0 fully saturated rings. The monoisotopic (exact) mass is 180 g/mol. The maximum atomic E-state index is 11.4. The van der Waals surface area contributed by atoms with Gasteiger partial charge in [-0.05, 0) is 25.5 Å². The van der Waals surface area contributed by atoms with E-state index in [0.29, 0.717) is 5.57 Å². The Kier molecular flexibility index (Phi) is 5.55. The second-order valence-corrected chi connectivity index (χ2v) is 2.59. The third-order valence-electron chi connectivity index (χ3n) is 1.40. The maximum absolute atomic E-state index is 11.4. The zero-order chi connectivity index (χ0) is 10.3. The number of rotatable bonds is 4. The van der Waals surface area contributed by atoms with Gasteiger partial charge in [-0.2, -0.15) is 0 Å². The lowest BCUT2D eigenvalue weighted by Gasteiger charge is -2.05. The normalized spacial score (nSPS) is 11.8. The third-order valence-corrected chi connectivity index (χ3v) is 1.40. The number of carbonyl (C=O) groups is 1. The van der Waals surface area contributed by atoms with E-state index in [1.54, 1.807) is 26.1 Å². The summed E-state index contributed by atoms with van der Waals surface area (Å²) in [6.45, 7) is 7.41. The van der Waals surface area contributed by atoms with Gasteiger partial charge in [-0.3, -0.25) is 10.2 Å². The van der Waals surface area contributed by atoms with Gasteiger partial charge in [0.15, 0.2) is 0 Å². The summed E-state index contributed by atoms with van der Waals surface area (Å²) < 4.78 is 0. The maximum Gasteiger partial charge on any atom is 0.265 e. The second kappa shape index (κ2) is 6.20. The molecule has 2 N–H and O–H groups in total. The lowest BCUT2D eigenvalue weighted by atomic mass is 10.1. The molecule has 13 heavy (non-hydrogen) atoms. The van der Waals surface area contributed by atoms with Crippen LogP contribution in [0, 0.1) is 0 Å². The summed E-state index contributed by atoms with van der Waals surface area (Å²) in [5, 5.41) is 0. The number of amides is 1. The molecule has 0 rings (SSSR count). The van der Waals surface area contributed by atoms with Crippen LogP contribution in [0.5, 0.6) is 0 Å². The van der Waals surface area contributed by atoms with Crippen LogP contribution >= 0.6 is 0 Å². The van der Waals surface area contributed by atoms with Crippen molar-refractivity contribution < 1.29 is 4.79 Å². The summed E-state index contributed by atoms with van der Waals surface area (Å²) in [5.41, 5.74) is 6.38. The molecule has 3 heteroatoms. The molecule has 0 aromatic rings. The van der Waals surface area contributed by atoms with Gasteiger partial charge < -0.3 is 0 Å². The summed E-state index contributed by atoms with van der Waals surface area (Å²) in [7, 11) is 1.64.